The Morgan fingerprint density at radius 2 is 1.58 bits per heavy atom. The van der Waals surface area contributed by atoms with Crippen molar-refractivity contribution in [3.63, 3.8) is 0 Å². The van der Waals surface area contributed by atoms with E-state index in [-0.39, 0.29) is 12.4 Å². The van der Waals surface area contributed by atoms with Crippen LogP contribution in [0.2, 0.25) is 0 Å². The van der Waals surface area contributed by atoms with Crippen LogP contribution in [0.15, 0.2) is 60.7 Å². The Balaban J connectivity index is 1.52. The Morgan fingerprint density at radius 3 is 2.32 bits per heavy atom. The third-order valence-electron chi connectivity index (χ3n) is 3.43. The maximum atomic E-state index is 5.95. The molecule has 1 aliphatic rings. The molecule has 2 nitrogen and oxygen atoms in total. The lowest BCUT2D eigenvalue weighted by molar-refractivity contribution is -0.0621. The van der Waals surface area contributed by atoms with Crippen molar-refractivity contribution in [2.75, 3.05) is 6.61 Å². The Bertz CT molecular complexity index is 495. The van der Waals surface area contributed by atoms with Crippen LogP contribution >= 0.6 is 0 Å². The van der Waals surface area contributed by atoms with Gasteiger partial charge >= 0.3 is 0 Å². The lowest BCUT2D eigenvalue weighted by Crippen LogP contribution is -2.09. The van der Waals surface area contributed by atoms with Gasteiger partial charge in [0.05, 0.1) is 6.61 Å². The van der Waals surface area contributed by atoms with Gasteiger partial charge in [-0.05, 0) is 17.5 Å². The van der Waals surface area contributed by atoms with Gasteiger partial charge in [-0.3, -0.25) is 0 Å². The van der Waals surface area contributed by atoms with Crippen molar-refractivity contribution in [1.29, 1.82) is 0 Å². The first-order valence-electron chi connectivity index (χ1n) is 6.78. The summed E-state index contributed by atoms with van der Waals surface area (Å²) in [7, 11) is 0. The first kappa shape index (κ1) is 12.4. The standard InChI is InChI=1S/C17H18O2/c1-3-7-14(8-4-1)11-12-17-18-13-16(19-17)15-9-5-2-6-10-15/h1-10,16-17H,11-13H2/t16-,17+/m1/s1. The summed E-state index contributed by atoms with van der Waals surface area (Å²) >= 11 is 0. The molecule has 0 N–H and O–H groups in total. The normalized spacial score (nSPS) is 22.5. The molecule has 1 heterocycles. The van der Waals surface area contributed by atoms with Crippen molar-refractivity contribution < 1.29 is 9.47 Å². The highest BCUT2D eigenvalue weighted by Crippen LogP contribution is 2.28. The number of hydrogen-bond acceptors (Lipinski definition) is 2. The summed E-state index contributed by atoms with van der Waals surface area (Å²) in [6, 6.07) is 20.7. The third-order valence-corrected chi connectivity index (χ3v) is 3.43. The fraction of sp³-hybridized carbons (Fsp3) is 0.294. The summed E-state index contributed by atoms with van der Waals surface area (Å²) in [5, 5.41) is 0. The number of rotatable bonds is 4. The van der Waals surface area contributed by atoms with Crippen LogP contribution in [-0.4, -0.2) is 12.9 Å². The highest BCUT2D eigenvalue weighted by atomic mass is 16.7. The number of hydrogen-bond donors (Lipinski definition) is 0. The van der Waals surface area contributed by atoms with E-state index in [1.54, 1.807) is 0 Å². The van der Waals surface area contributed by atoms with Crippen LogP contribution in [0.1, 0.15) is 23.7 Å². The Kier molecular flexibility index (Phi) is 3.92. The molecule has 2 aromatic rings. The molecule has 0 radical (unpaired) electrons. The van der Waals surface area contributed by atoms with E-state index in [1.165, 1.54) is 11.1 Å². The predicted molar refractivity (Wildman–Crippen MR) is 74.8 cm³/mol. The Labute approximate surface area is 114 Å². The molecule has 1 saturated heterocycles. The maximum Gasteiger partial charge on any atom is 0.158 e. The van der Waals surface area contributed by atoms with Gasteiger partial charge in [0, 0.05) is 6.42 Å². The predicted octanol–water partition coefficient (Wildman–Crippen LogP) is 3.73. The van der Waals surface area contributed by atoms with Crippen LogP contribution in [-0.2, 0) is 15.9 Å². The molecule has 0 amide bonds. The summed E-state index contributed by atoms with van der Waals surface area (Å²) in [4.78, 5) is 0. The van der Waals surface area contributed by atoms with Gasteiger partial charge in [-0.15, -0.1) is 0 Å². The van der Waals surface area contributed by atoms with Crippen molar-refractivity contribution in [1.82, 2.24) is 0 Å². The highest BCUT2D eigenvalue weighted by Gasteiger charge is 2.26. The summed E-state index contributed by atoms with van der Waals surface area (Å²) in [6.45, 7) is 0.656. The van der Waals surface area contributed by atoms with E-state index in [0.717, 1.165) is 12.8 Å². The van der Waals surface area contributed by atoms with Gasteiger partial charge < -0.3 is 9.47 Å². The van der Waals surface area contributed by atoms with Gasteiger partial charge in [0.15, 0.2) is 6.29 Å². The van der Waals surface area contributed by atoms with E-state index in [4.69, 9.17) is 9.47 Å². The fourth-order valence-electron chi connectivity index (χ4n) is 2.38. The van der Waals surface area contributed by atoms with Crippen LogP contribution in [0.3, 0.4) is 0 Å². The van der Waals surface area contributed by atoms with Crippen LogP contribution in [0, 0.1) is 0 Å². The zero-order chi connectivity index (χ0) is 12.9. The summed E-state index contributed by atoms with van der Waals surface area (Å²) in [5.41, 5.74) is 2.53. The average Bonchev–Trinajstić information content (AvgIpc) is 2.96. The Hall–Kier alpha value is -1.64. The van der Waals surface area contributed by atoms with Gasteiger partial charge in [0.25, 0.3) is 0 Å². The molecule has 3 rings (SSSR count). The monoisotopic (exact) mass is 254 g/mol. The highest BCUT2D eigenvalue weighted by molar-refractivity contribution is 5.18. The summed E-state index contributed by atoms with van der Waals surface area (Å²) < 4.78 is 11.7. The molecule has 0 unspecified atom stereocenters. The van der Waals surface area contributed by atoms with Crippen LogP contribution in [0.5, 0.6) is 0 Å². The molecule has 2 heteroatoms. The topological polar surface area (TPSA) is 18.5 Å². The molecule has 0 saturated carbocycles. The van der Waals surface area contributed by atoms with E-state index in [2.05, 4.69) is 36.4 Å². The van der Waals surface area contributed by atoms with Gasteiger partial charge in [-0.1, -0.05) is 60.7 Å². The maximum absolute atomic E-state index is 5.95. The van der Waals surface area contributed by atoms with Crippen LogP contribution < -0.4 is 0 Å². The van der Waals surface area contributed by atoms with E-state index in [1.807, 2.05) is 24.3 Å². The smallest absolute Gasteiger partial charge is 0.158 e. The fourth-order valence-corrected chi connectivity index (χ4v) is 2.38. The molecule has 2 atom stereocenters. The average molecular weight is 254 g/mol. The molecule has 19 heavy (non-hydrogen) atoms. The molecular weight excluding hydrogens is 236 g/mol. The first-order chi connectivity index (χ1) is 9.42. The SMILES string of the molecule is c1ccc(CC[C@H]2OC[C@H](c3ccccc3)O2)cc1. The molecule has 0 spiro atoms. The van der Waals surface area contributed by atoms with Gasteiger partial charge in [0.2, 0.25) is 0 Å². The number of benzene rings is 2. The van der Waals surface area contributed by atoms with Crippen molar-refractivity contribution >= 4 is 0 Å². The van der Waals surface area contributed by atoms with Crippen molar-refractivity contribution in [3.05, 3.63) is 71.8 Å². The van der Waals surface area contributed by atoms with Crippen molar-refractivity contribution in [2.45, 2.75) is 25.2 Å². The van der Waals surface area contributed by atoms with E-state index in [0.29, 0.717) is 6.61 Å². The molecule has 2 aromatic carbocycles. The van der Waals surface area contributed by atoms with Gasteiger partial charge in [-0.25, -0.2) is 0 Å². The van der Waals surface area contributed by atoms with E-state index >= 15 is 0 Å². The molecule has 0 bridgehead atoms. The molecule has 1 aliphatic heterocycles. The summed E-state index contributed by atoms with van der Waals surface area (Å²) in [6.07, 6.45) is 1.91. The minimum Gasteiger partial charge on any atom is -0.350 e. The molecule has 0 aliphatic carbocycles. The van der Waals surface area contributed by atoms with Crippen LogP contribution in [0.4, 0.5) is 0 Å². The molecular formula is C17H18O2. The van der Waals surface area contributed by atoms with Crippen molar-refractivity contribution in [3.8, 4) is 0 Å². The second-order valence-corrected chi connectivity index (χ2v) is 4.82. The minimum atomic E-state index is -0.0783. The van der Waals surface area contributed by atoms with E-state index < -0.39 is 0 Å². The third kappa shape index (κ3) is 3.22. The number of aryl methyl sites for hydroxylation is 1. The van der Waals surface area contributed by atoms with Crippen molar-refractivity contribution in [2.24, 2.45) is 0 Å². The minimum absolute atomic E-state index is 0.0783. The lowest BCUT2D eigenvalue weighted by atomic mass is 10.1. The largest absolute Gasteiger partial charge is 0.350 e. The van der Waals surface area contributed by atoms with Gasteiger partial charge in [-0.2, -0.15) is 0 Å². The zero-order valence-electron chi connectivity index (χ0n) is 10.9. The van der Waals surface area contributed by atoms with Gasteiger partial charge in [0.1, 0.15) is 6.10 Å². The first-order valence-corrected chi connectivity index (χ1v) is 6.78. The molecule has 98 valence electrons. The zero-order valence-corrected chi connectivity index (χ0v) is 10.9. The quantitative estimate of drug-likeness (QED) is 0.827. The van der Waals surface area contributed by atoms with Crippen LogP contribution in [0.25, 0.3) is 0 Å². The van der Waals surface area contributed by atoms with E-state index in [9.17, 15) is 0 Å². The lowest BCUT2D eigenvalue weighted by Gasteiger charge is -2.11. The number of ether oxygens (including phenoxy) is 2. The second kappa shape index (κ2) is 6.00. The second-order valence-electron chi connectivity index (χ2n) is 4.82. The Morgan fingerprint density at radius 1 is 0.895 bits per heavy atom. The summed E-state index contributed by atoms with van der Waals surface area (Å²) in [5.74, 6) is 0. The molecule has 1 fully saturated rings. The molecule has 0 aromatic heterocycles.